The third kappa shape index (κ3) is 8.49. The molecule has 0 spiro atoms. The Morgan fingerprint density at radius 3 is 2.48 bits per heavy atom. The van der Waals surface area contributed by atoms with E-state index in [1.54, 1.807) is 0 Å². The van der Waals surface area contributed by atoms with Gasteiger partial charge in [-0.05, 0) is 76.6 Å². The summed E-state index contributed by atoms with van der Waals surface area (Å²) >= 11 is 8.09. The number of benzene rings is 3. The fraction of sp³-hybridized carbons (Fsp3) is 0.351. The van der Waals surface area contributed by atoms with E-state index in [9.17, 15) is 9.90 Å². The van der Waals surface area contributed by atoms with Gasteiger partial charge in [-0.25, -0.2) is 4.98 Å². The van der Waals surface area contributed by atoms with Crippen LogP contribution in [0.1, 0.15) is 86.6 Å². The van der Waals surface area contributed by atoms with E-state index < -0.39 is 5.97 Å². The molecule has 1 N–H and O–H groups in total. The first-order chi connectivity index (χ1) is 20.0. The molecule has 0 aliphatic rings. The van der Waals surface area contributed by atoms with E-state index in [2.05, 4.69) is 95.3 Å². The second-order valence-electron chi connectivity index (χ2n) is 12.1. The third-order valence-corrected chi connectivity index (χ3v) is 10.3. The van der Waals surface area contributed by atoms with Gasteiger partial charge in [0.05, 0.1) is 17.6 Å². The van der Waals surface area contributed by atoms with Crippen molar-refractivity contribution in [3.63, 3.8) is 0 Å². The molecule has 0 aliphatic carbocycles. The zero-order chi connectivity index (χ0) is 30.3. The van der Waals surface area contributed by atoms with Crippen LogP contribution in [-0.2, 0) is 11.2 Å². The first-order valence-corrected chi connectivity index (χ1v) is 16.2. The highest BCUT2D eigenvalue weighted by Gasteiger charge is 2.32. The molecule has 1 aromatic heterocycles. The third-order valence-electron chi connectivity index (χ3n) is 8.32. The topological polar surface area (TPSA) is 50.2 Å². The minimum Gasteiger partial charge on any atom is -0.481 e. The van der Waals surface area contributed by atoms with Gasteiger partial charge in [-0.3, -0.25) is 4.79 Å². The number of nitrogens with zero attached hydrogens (tertiary/aromatic N) is 1. The Morgan fingerprint density at radius 2 is 1.74 bits per heavy atom. The number of carboxylic acid groups (broad SMARTS) is 1. The van der Waals surface area contributed by atoms with Crippen molar-refractivity contribution in [3.05, 3.63) is 112 Å². The van der Waals surface area contributed by atoms with E-state index in [1.165, 1.54) is 16.7 Å². The number of pyridine rings is 1. The van der Waals surface area contributed by atoms with Crippen LogP contribution in [0.3, 0.4) is 0 Å². The van der Waals surface area contributed by atoms with Crippen LogP contribution in [-0.4, -0.2) is 21.8 Å². The number of carboxylic acids is 1. The van der Waals surface area contributed by atoms with Crippen molar-refractivity contribution in [1.82, 2.24) is 4.98 Å². The molecular formula is C37H42ClNO2S. The molecule has 3 nitrogen and oxygen atoms in total. The van der Waals surface area contributed by atoms with E-state index in [-0.39, 0.29) is 23.0 Å². The Bertz CT molecular complexity index is 1550. The van der Waals surface area contributed by atoms with E-state index >= 15 is 0 Å². The summed E-state index contributed by atoms with van der Waals surface area (Å²) in [6, 6.07) is 27.3. The molecule has 4 aromatic rings. The summed E-state index contributed by atoms with van der Waals surface area (Å²) in [5.41, 5.74) is 6.66. The lowest BCUT2D eigenvalue weighted by atomic mass is 9.78. The van der Waals surface area contributed by atoms with Crippen molar-refractivity contribution in [2.45, 2.75) is 65.0 Å². The quantitative estimate of drug-likeness (QED) is 0.166. The van der Waals surface area contributed by atoms with E-state index in [0.29, 0.717) is 10.9 Å². The van der Waals surface area contributed by atoms with Gasteiger partial charge < -0.3 is 5.11 Å². The number of hydrogen-bond donors (Lipinski definition) is 1. The lowest BCUT2D eigenvalue weighted by Gasteiger charge is -2.33. The number of thioether (sulfide) groups is 1. The van der Waals surface area contributed by atoms with E-state index in [0.717, 1.165) is 40.8 Å². The summed E-state index contributed by atoms with van der Waals surface area (Å²) < 4.78 is 0. The largest absolute Gasteiger partial charge is 0.481 e. The molecule has 42 heavy (non-hydrogen) atoms. The number of aliphatic carboxylic acids is 1. The first-order valence-electron chi connectivity index (χ1n) is 14.8. The average Bonchev–Trinajstić information content (AvgIpc) is 2.95. The minimum atomic E-state index is -0.731. The van der Waals surface area contributed by atoms with Gasteiger partial charge in [0, 0.05) is 21.4 Å². The highest BCUT2D eigenvalue weighted by atomic mass is 35.5. The van der Waals surface area contributed by atoms with Crippen LogP contribution < -0.4 is 0 Å². The molecule has 0 amide bonds. The lowest BCUT2D eigenvalue weighted by Crippen LogP contribution is -2.30. The van der Waals surface area contributed by atoms with Crippen molar-refractivity contribution in [2.75, 3.05) is 5.75 Å². The number of fused-ring (bicyclic) bond motifs is 1. The fourth-order valence-corrected chi connectivity index (χ4v) is 7.07. The standard InChI is InChI=1S/C37H42ClNO2S/c1-25(2)33-12-7-6-10-28(33)16-20-35(42-24-37(5,26(3)4)23-36(40)41)30-11-8-9-27(21-30)13-18-32-19-15-29-14-17-31(38)22-34(29)39-32/h6-15,17-19,21-22,25-26,35H,16,20,23-24H2,1-5H3,(H,40,41)/b18-13+. The molecule has 0 radical (unpaired) electrons. The van der Waals surface area contributed by atoms with Crippen LogP contribution in [0.5, 0.6) is 0 Å². The highest BCUT2D eigenvalue weighted by molar-refractivity contribution is 7.99. The molecule has 0 saturated carbocycles. The predicted octanol–water partition coefficient (Wildman–Crippen LogP) is 10.7. The van der Waals surface area contributed by atoms with Crippen LogP contribution in [0.25, 0.3) is 23.1 Å². The van der Waals surface area contributed by atoms with E-state index in [1.807, 2.05) is 42.1 Å². The van der Waals surface area contributed by atoms with E-state index in [4.69, 9.17) is 16.6 Å². The van der Waals surface area contributed by atoms with Gasteiger partial charge in [-0.1, -0.05) is 113 Å². The molecule has 2 atom stereocenters. The summed E-state index contributed by atoms with van der Waals surface area (Å²) in [5.74, 6) is 0.796. The van der Waals surface area contributed by atoms with Gasteiger partial charge >= 0.3 is 5.97 Å². The number of halogens is 1. The van der Waals surface area contributed by atoms with Gasteiger partial charge in [0.25, 0.3) is 0 Å². The summed E-state index contributed by atoms with van der Waals surface area (Å²) in [7, 11) is 0. The second kappa shape index (κ2) is 14.4. The van der Waals surface area contributed by atoms with Gasteiger partial charge in [0.1, 0.15) is 0 Å². The Kier molecular flexibility index (Phi) is 10.9. The molecule has 5 heteroatoms. The second-order valence-corrected chi connectivity index (χ2v) is 13.8. The molecule has 3 aromatic carbocycles. The highest BCUT2D eigenvalue weighted by Crippen LogP contribution is 2.42. The molecule has 0 bridgehead atoms. The van der Waals surface area contributed by atoms with Crippen LogP contribution >= 0.6 is 23.4 Å². The van der Waals surface area contributed by atoms with Crippen molar-refractivity contribution < 1.29 is 9.90 Å². The smallest absolute Gasteiger partial charge is 0.303 e. The van der Waals surface area contributed by atoms with Crippen molar-refractivity contribution in [3.8, 4) is 0 Å². The maximum atomic E-state index is 11.7. The molecule has 2 unspecified atom stereocenters. The van der Waals surface area contributed by atoms with Gasteiger partial charge in [-0.15, -0.1) is 0 Å². The number of hydrogen-bond acceptors (Lipinski definition) is 3. The normalized spacial score (nSPS) is 14.1. The molecule has 0 saturated heterocycles. The van der Waals surface area contributed by atoms with Gasteiger partial charge in [0.15, 0.2) is 0 Å². The summed E-state index contributed by atoms with van der Waals surface area (Å²) in [4.78, 5) is 16.5. The van der Waals surface area contributed by atoms with Gasteiger partial charge in [-0.2, -0.15) is 11.8 Å². The number of aromatic nitrogens is 1. The molecule has 0 aliphatic heterocycles. The average molecular weight is 600 g/mol. The molecule has 220 valence electrons. The summed E-state index contributed by atoms with van der Waals surface area (Å²) in [6.45, 7) is 10.9. The summed E-state index contributed by atoms with van der Waals surface area (Å²) in [6.07, 6.45) is 6.29. The van der Waals surface area contributed by atoms with Crippen LogP contribution in [0.4, 0.5) is 0 Å². The number of aryl methyl sites for hydroxylation is 1. The molecular weight excluding hydrogens is 558 g/mol. The van der Waals surface area contributed by atoms with Crippen molar-refractivity contribution in [2.24, 2.45) is 11.3 Å². The Labute approximate surface area is 260 Å². The Morgan fingerprint density at radius 1 is 0.976 bits per heavy atom. The van der Waals surface area contributed by atoms with Crippen molar-refractivity contribution >= 4 is 52.4 Å². The van der Waals surface area contributed by atoms with Gasteiger partial charge in [0.2, 0.25) is 0 Å². The SMILES string of the molecule is CC(C)c1ccccc1CCC(SCC(C)(CC(=O)O)C(C)C)c1cccc(/C=C/c2ccc3ccc(Cl)cc3n2)c1. The molecule has 0 fully saturated rings. The maximum Gasteiger partial charge on any atom is 0.303 e. The number of carbonyl (C=O) groups is 1. The minimum absolute atomic E-state index is 0.174. The molecule has 1 heterocycles. The van der Waals surface area contributed by atoms with Crippen LogP contribution in [0.2, 0.25) is 5.02 Å². The maximum absolute atomic E-state index is 11.7. The van der Waals surface area contributed by atoms with Crippen LogP contribution in [0.15, 0.2) is 78.9 Å². The fourth-order valence-electron chi connectivity index (χ4n) is 5.26. The zero-order valence-electron chi connectivity index (χ0n) is 25.3. The summed E-state index contributed by atoms with van der Waals surface area (Å²) in [5, 5.41) is 11.6. The van der Waals surface area contributed by atoms with Crippen LogP contribution in [0, 0.1) is 11.3 Å². The monoisotopic (exact) mass is 599 g/mol. The zero-order valence-corrected chi connectivity index (χ0v) is 26.9. The Balaban J connectivity index is 1.60. The molecule has 4 rings (SSSR count). The Hall–Kier alpha value is -3.08. The number of rotatable bonds is 13. The first kappa shape index (κ1) is 31.8. The lowest BCUT2D eigenvalue weighted by molar-refractivity contribution is -0.139. The van der Waals surface area contributed by atoms with Crippen molar-refractivity contribution in [1.29, 1.82) is 0 Å². The predicted molar refractivity (Wildman–Crippen MR) is 181 cm³/mol.